The second-order valence-corrected chi connectivity index (χ2v) is 6.58. The van der Waals surface area contributed by atoms with E-state index in [4.69, 9.17) is 9.47 Å². The highest BCUT2D eigenvalue weighted by Crippen LogP contribution is 2.30. The average molecular weight is 355 g/mol. The molecule has 2 rings (SSSR count). The Hall–Kier alpha value is -2.75. The molecule has 1 aromatic carbocycles. The van der Waals surface area contributed by atoms with Gasteiger partial charge in [0.15, 0.2) is 16.4 Å². The fourth-order valence-corrected chi connectivity index (χ4v) is 3.28. The van der Waals surface area contributed by atoms with Crippen LogP contribution in [0.15, 0.2) is 38.9 Å². The minimum Gasteiger partial charge on any atom is -0.493 e. The van der Waals surface area contributed by atoms with Crippen LogP contribution < -0.4 is 25.4 Å². The summed E-state index contributed by atoms with van der Waals surface area (Å²) in [6, 6.07) is 4.41. The highest BCUT2D eigenvalue weighted by Gasteiger charge is 2.22. The van der Waals surface area contributed by atoms with E-state index in [1.165, 1.54) is 46.5 Å². The molecule has 0 fully saturated rings. The lowest BCUT2D eigenvalue weighted by Crippen LogP contribution is -2.40. The van der Waals surface area contributed by atoms with Crippen molar-refractivity contribution in [2.24, 2.45) is 14.1 Å². The molecule has 0 bridgehead atoms. The number of hydrogen-bond acceptors (Lipinski definition) is 6. The van der Waals surface area contributed by atoms with Gasteiger partial charge in [0.05, 0.1) is 19.9 Å². The van der Waals surface area contributed by atoms with Crippen LogP contribution in [0.3, 0.4) is 0 Å². The largest absolute Gasteiger partial charge is 0.493 e. The zero-order chi connectivity index (χ0) is 18.1. The molecular weight excluding hydrogens is 338 g/mol. The van der Waals surface area contributed by atoms with Crippen LogP contribution in [0.1, 0.15) is 0 Å². The van der Waals surface area contributed by atoms with Gasteiger partial charge in [-0.3, -0.25) is 14.1 Å². The number of benzene rings is 1. The smallest absolute Gasteiger partial charge is 0.330 e. The summed E-state index contributed by atoms with van der Waals surface area (Å²) in [5.41, 5.74) is -1.35. The number of aromatic nitrogens is 2. The molecule has 130 valence electrons. The third kappa shape index (κ3) is 3.13. The van der Waals surface area contributed by atoms with E-state index in [9.17, 15) is 18.0 Å². The zero-order valence-corrected chi connectivity index (χ0v) is 14.4. The Labute approximate surface area is 138 Å². The molecule has 0 amide bonds. The van der Waals surface area contributed by atoms with Crippen molar-refractivity contribution in [1.82, 2.24) is 9.13 Å². The van der Waals surface area contributed by atoms with Crippen molar-refractivity contribution in [1.29, 1.82) is 0 Å². The maximum absolute atomic E-state index is 12.5. The number of methoxy groups -OCH3 is 2. The van der Waals surface area contributed by atoms with Crippen LogP contribution in [0.4, 0.5) is 5.69 Å². The van der Waals surface area contributed by atoms with E-state index in [1.54, 1.807) is 0 Å². The SMILES string of the molecule is COc1ccc(NS(=O)(=O)c2cn(C)c(=O)n(C)c2=O)cc1OC. The highest BCUT2D eigenvalue weighted by atomic mass is 32.2. The molecule has 10 heteroatoms. The van der Waals surface area contributed by atoms with Gasteiger partial charge in [-0.05, 0) is 12.1 Å². The summed E-state index contributed by atoms with van der Waals surface area (Å²) in [6.45, 7) is 0. The normalized spacial score (nSPS) is 11.2. The van der Waals surface area contributed by atoms with Crippen molar-refractivity contribution >= 4 is 15.7 Å². The van der Waals surface area contributed by atoms with Crippen molar-refractivity contribution in [2.75, 3.05) is 18.9 Å². The molecule has 1 N–H and O–H groups in total. The van der Waals surface area contributed by atoms with Gasteiger partial charge in [0.25, 0.3) is 15.6 Å². The standard InChI is InChI=1S/C14H17N3O6S/c1-16-8-12(13(18)17(2)14(16)19)24(20,21)15-9-5-6-10(22-3)11(7-9)23-4/h5-8,15H,1-4H3. The molecule has 0 unspecified atom stereocenters. The average Bonchev–Trinajstić information content (AvgIpc) is 2.55. The predicted molar refractivity (Wildman–Crippen MR) is 87.3 cm³/mol. The molecule has 1 aromatic heterocycles. The maximum atomic E-state index is 12.5. The van der Waals surface area contributed by atoms with Crippen LogP contribution in [0.5, 0.6) is 11.5 Å². The molecule has 0 aliphatic carbocycles. The predicted octanol–water partition coefficient (Wildman–Crippen LogP) is -0.0980. The molecule has 1 heterocycles. The van der Waals surface area contributed by atoms with Crippen LogP contribution in [-0.4, -0.2) is 31.8 Å². The Bertz CT molecular complexity index is 991. The molecular formula is C14H17N3O6S. The molecule has 0 saturated carbocycles. The van der Waals surface area contributed by atoms with E-state index in [0.29, 0.717) is 11.5 Å². The van der Waals surface area contributed by atoms with E-state index >= 15 is 0 Å². The van der Waals surface area contributed by atoms with Crippen LogP contribution in [0, 0.1) is 0 Å². The minimum absolute atomic E-state index is 0.184. The minimum atomic E-state index is -4.19. The van der Waals surface area contributed by atoms with Gasteiger partial charge in [-0.1, -0.05) is 0 Å². The molecule has 0 aliphatic rings. The van der Waals surface area contributed by atoms with Crippen LogP contribution >= 0.6 is 0 Å². The Morgan fingerprint density at radius 1 is 1.04 bits per heavy atom. The molecule has 2 aromatic rings. The van der Waals surface area contributed by atoms with Crippen molar-refractivity contribution in [3.63, 3.8) is 0 Å². The molecule has 0 radical (unpaired) electrons. The van der Waals surface area contributed by atoms with E-state index < -0.39 is 26.2 Å². The van der Waals surface area contributed by atoms with Gasteiger partial charge in [0.2, 0.25) is 0 Å². The number of rotatable bonds is 5. The number of nitrogens with zero attached hydrogens (tertiary/aromatic N) is 2. The van der Waals surface area contributed by atoms with E-state index in [-0.39, 0.29) is 5.69 Å². The summed E-state index contributed by atoms with van der Waals surface area (Å²) in [5, 5.41) is 0. The summed E-state index contributed by atoms with van der Waals surface area (Å²) in [7, 11) is 1.25. The third-order valence-corrected chi connectivity index (χ3v) is 4.70. The van der Waals surface area contributed by atoms with Gasteiger partial charge in [-0.25, -0.2) is 13.2 Å². The Morgan fingerprint density at radius 3 is 2.25 bits per heavy atom. The second-order valence-electron chi connectivity index (χ2n) is 4.93. The van der Waals surface area contributed by atoms with Gasteiger partial charge >= 0.3 is 5.69 Å². The van der Waals surface area contributed by atoms with E-state index in [1.807, 2.05) is 0 Å². The van der Waals surface area contributed by atoms with Crippen LogP contribution in [-0.2, 0) is 24.1 Å². The number of nitrogens with one attached hydrogen (secondary N) is 1. The van der Waals surface area contributed by atoms with Gasteiger partial charge in [0, 0.05) is 26.4 Å². The number of aryl methyl sites for hydroxylation is 1. The first-order valence-electron chi connectivity index (χ1n) is 6.72. The molecule has 0 atom stereocenters. The Balaban J connectivity index is 2.51. The van der Waals surface area contributed by atoms with E-state index in [2.05, 4.69) is 4.72 Å². The van der Waals surface area contributed by atoms with Gasteiger partial charge in [-0.2, -0.15) is 0 Å². The highest BCUT2D eigenvalue weighted by molar-refractivity contribution is 7.92. The lowest BCUT2D eigenvalue weighted by atomic mass is 10.3. The molecule has 24 heavy (non-hydrogen) atoms. The number of hydrogen-bond donors (Lipinski definition) is 1. The summed E-state index contributed by atoms with van der Waals surface area (Å²) in [4.78, 5) is 23.2. The number of ether oxygens (including phenoxy) is 2. The van der Waals surface area contributed by atoms with Crippen molar-refractivity contribution in [3.05, 3.63) is 45.2 Å². The topological polar surface area (TPSA) is 109 Å². The van der Waals surface area contributed by atoms with Gasteiger partial charge in [-0.15, -0.1) is 0 Å². The monoisotopic (exact) mass is 355 g/mol. The quantitative estimate of drug-likeness (QED) is 0.802. The Morgan fingerprint density at radius 2 is 1.67 bits per heavy atom. The summed E-state index contributed by atoms with van der Waals surface area (Å²) >= 11 is 0. The second kappa shape index (κ2) is 6.40. The molecule has 0 aliphatic heterocycles. The summed E-state index contributed by atoms with van der Waals surface area (Å²) < 4.78 is 39.2. The number of sulfonamides is 1. The lowest BCUT2D eigenvalue weighted by molar-refractivity contribution is 0.355. The van der Waals surface area contributed by atoms with Crippen LogP contribution in [0.2, 0.25) is 0 Å². The molecule has 0 spiro atoms. The first kappa shape index (κ1) is 17.6. The maximum Gasteiger partial charge on any atom is 0.330 e. The third-order valence-electron chi connectivity index (χ3n) is 3.34. The summed E-state index contributed by atoms with van der Waals surface area (Å²) in [6.07, 6.45) is 0.980. The fourth-order valence-electron chi connectivity index (χ4n) is 2.07. The zero-order valence-electron chi connectivity index (χ0n) is 13.6. The summed E-state index contributed by atoms with van der Waals surface area (Å²) in [5.74, 6) is 0.754. The van der Waals surface area contributed by atoms with Crippen molar-refractivity contribution in [3.8, 4) is 11.5 Å². The lowest BCUT2D eigenvalue weighted by Gasteiger charge is -2.12. The van der Waals surface area contributed by atoms with Gasteiger partial charge in [0.1, 0.15) is 0 Å². The Kier molecular flexibility index (Phi) is 4.69. The van der Waals surface area contributed by atoms with E-state index in [0.717, 1.165) is 15.3 Å². The first-order valence-corrected chi connectivity index (χ1v) is 8.21. The molecule has 0 saturated heterocycles. The number of anilines is 1. The van der Waals surface area contributed by atoms with Crippen LogP contribution in [0.25, 0.3) is 0 Å². The van der Waals surface area contributed by atoms with Crippen molar-refractivity contribution in [2.45, 2.75) is 4.90 Å². The van der Waals surface area contributed by atoms with Gasteiger partial charge < -0.3 is 14.0 Å². The molecule has 9 nitrogen and oxygen atoms in total. The van der Waals surface area contributed by atoms with Crippen molar-refractivity contribution < 1.29 is 17.9 Å². The fraction of sp³-hybridized carbons (Fsp3) is 0.286. The first-order chi connectivity index (χ1) is 11.2.